The molecule has 0 unspecified atom stereocenters. The lowest BCUT2D eigenvalue weighted by atomic mass is 10.1. The van der Waals surface area contributed by atoms with E-state index in [9.17, 15) is 4.39 Å². The second-order valence-electron chi connectivity index (χ2n) is 4.03. The third-order valence-corrected chi connectivity index (χ3v) is 1.94. The Morgan fingerprint density at radius 2 is 1.86 bits per heavy atom. The van der Waals surface area contributed by atoms with E-state index in [-0.39, 0.29) is 17.9 Å². The average Bonchev–Trinajstić information content (AvgIpc) is 2.01. The summed E-state index contributed by atoms with van der Waals surface area (Å²) in [4.78, 5) is 3.86. The van der Waals surface area contributed by atoms with Crippen molar-refractivity contribution in [2.75, 3.05) is 5.32 Å². The molecule has 3 heteroatoms. The number of anilines is 1. The maximum absolute atomic E-state index is 13.4. The molecule has 0 spiro atoms. The first-order valence-corrected chi connectivity index (χ1v) is 4.93. The monoisotopic (exact) mass is 196 g/mol. The van der Waals surface area contributed by atoms with E-state index in [4.69, 9.17) is 0 Å². The summed E-state index contributed by atoms with van der Waals surface area (Å²) >= 11 is 0. The van der Waals surface area contributed by atoms with Crippen LogP contribution in [0.25, 0.3) is 0 Å². The number of rotatable bonds is 3. The lowest BCUT2D eigenvalue weighted by Crippen LogP contribution is -2.12. The summed E-state index contributed by atoms with van der Waals surface area (Å²) < 4.78 is 13.4. The van der Waals surface area contributed by atoms with Crippen molar-refractivity contribution in [1.29, 1.82) is 0 Å². The number of pyridine rings is 1. The highest BCUT2D eigenvalue weighted by Crippen LogP contribution is 2.18. The van der Waals surface area contributed by atoms with Gasteiger partial charge in [0.05, 0.1) is 0 Å². The fourth-order valence-corrected chi connectivity index (χ4v) is 1.25. The van der Waals surface area contributed by atoms with Crippen LogP contribution >= 0.6 is 0 Å². The van der Waals surface area contributed by atoms with Crippen LogP contribution in [0.1, 0.15) is 39.2 Å². The average molecular weight is 196 g/mol. The van der Waals surface area contributed by atoms with Crippen molar-refractivity contribution in [3.05, 3.63) is 23.6 Å². The molecule has 0 atom stereocenters. The zero-order valence-corrected chi connectivity index (χ0v) is 9.13. The fraction of sp³-hybridized carbons (Fsp3) is 0.545. The van der Waals surface area contributed by atoms with Gasteiger partial charge in [0.2, 0.25) is 5.95 Å². The smallest absolute Gasteiger partial charge is 0.218 e. The summed E-state index contributed by atoms with van der Waals surface area (Å²) in [5, 5.41) is 3.06. The van der Waals surface area contributed by atoms with E-state index in [0.717, 1.165) is 0 Å². The predicted molar refractivity (Wildman–Crippen MR) is 57.0 cm³/mol. The predicted octanol–water partition coefficient (Wildman–Crippen LogP) is 3.16. The Bertz CT molecular complexity index is 308. The van der Waals surface area contributed by atoms with Crippen LogP contribution in [0, 0.1) is 5.95 Å². The van der Waals surface area contributed by atoms with Crippen molar-refractivity contribution in [1.82, 2.24) is 4.98 Å². The Morgan fingerprint density at radius 3 is 2.29 bits per heavy atom. The van der Waals surface area contributed by atoms with Gasteiger partial charge in [-0.3, -0.25) is 0 Å². The molecule has 0 aliphatic carbocycles. The van der Waals surface area contributed by atoms with Crippen molar-refractivity contribution in [3.63, 3.8) is 0 Å². The van der Waals surface area contributed by atoms with Crippen molar-refractivity contribution >= 4 is 5.82 Å². The second-order valence-corrected chi connectivity index (χ2v) is 4.03. The van der Waals surface area contributed by atoms with Gasteiger partial charge in [0.1, 0.15) is 5.82 Å². The summed E-state index contributed by atoms with van der Waals surface area (Å²) in [6.07, 6.45) is 0. The SMILES string of the molecule is CC(C)Nc1ccc(C(C)C)c(F)n1. The van der Waals surface area contributed by atoms with Gasteiger partial charge in [-0.1, -0.05) is 19.9 Å². The first-order valence-electron chi connectivity index (χ1n) is 4.93. The number of hydrogen-bond donors (Lipinski definition) is 1. The summed E-state index contributed by atoms with van der Waals surface area (Å²) in [5.74, 6) is 0.406. The van der Waals surface area contributed by atoms with E-state index in [1.807, 2.05) is 33.8 Å². The summed E-state index contributed by atoms with van der Waals surface area (Å²) in [7, 11) is 0. The maximum atomic E-state index is 13.4. The molecular weight excluding hydrogens is 179 g/mol. The third-order valence-electron chi connectivity index (χ3n) is 1.94. The van der Waals surface area contributed by atoms with Crippen LogP contribution in [0.3, 0.4) is 0 Å². The zero-order valence-electron chi connectivity index (χ0n) is 9.13. The highest BCUT2D eigenvalue weighted by atomic mass is 19.1. The minimum Gasteiger partial charge on any atom is -0.368 e. The number of hydrogen-bond acceptors (Lipinski definition) is 2. The van der Waals surface area contributed by atoms with Gasteiger partial charge in [0.25, 0.3) is 0 Å². The van der Waals surface area contributed by atoms with Crippen LogP contribution < -0.4 is 5.32 Å². The van der Waals surface area contributed by atoms with Crippen LogP contribution in [0.5, 0.6) is 0 Å². The molecule has 0 aliphatic heterocycles. The van der Waals surface area contributed by atoms with Gasteiger partial charge >= 0.3 is 0 Å². The van der Waals surface area contributed by atoms with Crippen LogP contribution in [0.15, 0.2) is 12.1 Å². The summed E-state index contributed by atoms with van der Waals surface area (Å²) in [5.41, 5.74) is 0.666. The molecule has 0 saturated heterocycles. The lowest BCUT2D eigenvalue weighted by Gasteiger charge is -2.11. The molecule has 0 fully saturated rings. The molecule has 0 amide bonds. The fourth-order valence-electron chi connectivity index (χ4n) is 1.25. The van der Waals surface area contributed by atoms with Crippen LogP contribution in [0.4, 0.5) is 10.2 Å². The molecule has 1 aromatic heterocycles. The molecule has 0 aliphatic rings. The molecule has 0 aromatic carbocycles. The Hall–Kier alpha value is -1.12. The van der Waals surface area contributed by atoms with Crippen molar-refractivity contribution < 1.29 is 4.39 Å². The standard InChI is InChI=1S/C11H17FN2/c1-7(2)9-5-6-10(13-8(3)4)14-11(9)12/h5-8H,1-4H3,(H,13,14). The normalized spacial score (nSPS) is 11.1. The minimum atomic E-state index is -0.370. The molecule has 2 nitrogen and oxygen atoms in total. The van der Waals surface area contributed by atoms with Crippen LogP contribution in [0.2, 0.25) is 0 Å². The van der Waals surface area contributed by atoms with E-state index in [0.29, 0.717) is 11.4 Å². The number of nitrogens with one attached hydrogen (secondary N) is 1. The van der Waals surface area contributed by atoms with Gasteiger partial charge in [0.15, 0.2) is 0 Å². The van der Waals surface area contributed by atoms with Gasteiger partial charge in [-0.2, -0.15) is 4.39 Å². The Kier molecular flexibility index (Phi) is 3.44. The van der Waals surface area contributed by atoms with Gasteiger partial charge in [0, 0.05) is 11.6 Å². The molecule has 0 radical (unpaired) electrons. The van der Waals surface area contributed by atoms with E-state index < -0.39 is 0 Å². The third kappa shape index (κ3) is 2.69. The zero-order chi connectivity index (χ0) is 10.7. The molecule has 1 heterocycles. The molecule has 14 heavy (non-hydrogen) atoms. The summed E-state index contributed by atoms with van der Waals surface area (Å²) in [6, 6.07) is 3.88. The van der Waals surface area contributed by atoms with E-state index in [1.165, 1.54) is 0 Å². The quantitative estimate of drug-likeness (QED) is 0.751. The Balaban J connectivity index is 2.89. The van der Waals surface area contributed by atoms with Gasteiger partial charge in [-0.25, -0.2) is 4.98 Å². The van der Waals surface area contributed by atoms with Gasteiger partial charge < -0.3 is 5.32 Å². The Labute approximate surface area is 84.6 Å². The van der Waals surface area contributed by atoms with Gasteiger partial charge in [-0.15, -0.1) is 0 Å². The van der Waals surface area contributed by atoms with E-state index in [1.54, 1.807) is 6.07 Å². The lowest BCUT2D eigenvalue weighted by molar-refractivity contribution is 0.557. The first-order chi connectivity index (χ1) is 6.50. The largest absolute Gasteiger partial charge is 0.368 e. The van der Waals surface area contributed by atoms with Crippen molar-refractivity contribution in [2.45, 2.75) is 39.7 Å². The van der Waals surface area contributed by atoms with E-state index in [2.05, 4.69) is 10.3 Å². The number of halogens is 1. The maximum Gasteiger partial charge on any atom is 0.218 e. The van der Waals surface area contributed by atoms with Crippen LogP contribution in [-0.2, 0) is 0 Å². The second kappa shape index (κ2) is 4.40. The minimum absolute atomic E-state index is 0.176. The van der Waals surface area contributed by atoms with Crippen LogP contribution in [-0.4, -0.2) is 11.0 Å². The van der Waals surface area contributed by atoms with E-state index >= 15 is 0 Å². The molecule has 0 bridgehead atoms. The first kappa shape index (κ1) is 11.0. The summed E-state index contributed by atoms with van der Waals surface area (Å²) in [6.45, 7) is 7.90. The molecule has 1 N–H and O–H groups in total. The Morgan fingerprint density at radius 1 is 1.21 bits per heavy atom. The highest BCUT2D eigenvalue weighted by Gasteiger charge is 2.08. The highest BCUT2D eigenvalue weighted by molar-refractivity contribution is 5.37. The van der Waals surface area contributed by atoms with Crippen molar-refractivity contribution in [3.8, 4) is 0 Å². The number of nitrogens with zero attached hydrogens (tertiary/aromatic N) is 1. The van der Waals surface area contributed by atoms with Gasteiger partial charge in [-0.05, 0) is 25.8 Å². The molecule has 1 aromatic rings. The van der Waals surface area contributed by atoms with Crippen molar-refractivity contribution in [2.24, 2.45) is 0 Å². The molecule has 0 saturated carbocycles. The number of aromatic nitrogens is 1. The molecular formula is C11H17FN2. The molecule has 1 rings (SSSR count). The topological polar surface area (TPSA) is 24.9 Å². The molecule has 78 valence electrons.